The molecule has 0 aromatic heterocycles. The molecule has 0 radical (unpaired) electrons. The number of halogens is 3. The Kier molecular flexibility index (Phi) is 8.01. The zero-order valence-corrected chi connectivity index (χ0v) is 16.2. The van der Waals surface area contributed by atoms with Gasteiger partial charge in [-0.3, -0.25) is 9.59 Å². The Labute approximate surface area is 161 Å². The summed E-state index contributed by atoms with van der Waals surface area (Å²) >= 11 is 1.65. The number of alkyl halides is 3. The van der Waals surface area contributed by atoms with Gasteiger partial charge in [-0.05, 0) is 55.7 Å². The molecule has 0 bridgehead atoms. The van der Waals surface area contributed by atoms with E-state index in [-0.39, 0.29) is 17.7 Å². The molecule has 1 atom stereocenters. The molecule has 1 aromatic rings. The molecular formula is C19H25F3N2O2S. The van der Waals surface area contributed by atoms with Crippen molar-refractivity contribution >= 4 is 29.3 Å². The summed E-state index contributed by atoms with van der Waals surface area (Å²) < 4.78 is 37.6. The minimum atomic E-state index is -4.39. The minimum absolute atomic E-state index is 0.170. The number of benzene rings is 1. The van der Waals surface area contributed by atoms with E-state index in [0.717, 1.165) is 37.3 Å². The zero-order valence-electron chi connectivity index (χ0n) is 15.3. The summed E-state index contributed by atoms with van der Waals surface area (Å²) in [6.07, 6.45) is 1.01. The number of carbonyl (C=O) groups excluding carboxylic acids is 2. The Morgan fingerprint density at radius 3 is 2.56 bits per heavy atom. The molecule has 2 amide bonds. The molecule has 0 saturated carbocycles. The maximum Gasteiger partial charge on any atom is 0.416 e. The predicted molar refractivity (Wildman–Crippen MR) is 102 cm³/mol. The van der Waals surface area contributed by atoms with Crippen LogP contribution in [0, 0.1) is 5.92 Å². The van der Waals surface area contributed by atoms with Crippen molar-refractivity contribution in [1.82, 2.24) is 4.90 Å². The first-order chi connectivity index (χ1) is 12.8. The molecule has 1 N–H and O–H groups in total. The van der Waals surface area contributed by atoms with Gasteiger partial charge in [0.05, 0.1) is 5.56 Å². The smallest absolute Gasteiger partial charge is 0.342 e. The van der Waals surface area contributed by atoms with Crippen molar-refractivity contribution < 1.29 is 22.8 Å². The molecular weight excluding hydrogens is 377 g/mol. The fourth-order valence-electron chi connectivity index (χ4n) is 3.18. The van der Waals surface area contributed by atoms with Crippen molar-refractivity contribution in [3.8, 4) is 0 Å². The van der Waals surface area contributed by atoms with E-state index in [9.17, 15) is 22.8 Å². The molecule has 1 aromatic carbocycles. The van der Waals surface area contributed by atoms with Crippen molar-refractivity contribution in [2.45, 2.75) is 38.3 Å². The lowest BCUT2D eigenvalue weighted by Crippen LogP contribution is -2.40. The molecule has 0 spiro atoms. The largest absolute Gasteiger partial charge is 0.416 e. The van der Waals surface area contributed by atoms with E-state index < -0.39 is 11.7 Å². The van der Waals surface area contributed by atoms with Crippen LogP contribution in [-0.2, 0) is 15.8 Å². The second kappa shape index (κ2) is 10.0. The Hall–Kier alpha value is -1.70. The Balaban J connectivity index is 1.77. The van der Waals surface area contributed by atoms with Crippen LogP contribution in [0.15, 0.2) is 24.3 Å². The lowest BCUT2D eigenvalue weighted by atomic mass is 9.93. The lowest BCUT2D eigenvalue weighted by Gasteiger charge is -2.32. The van der Waals surface area contributed by atoms with E-state index in [4.69, 9.17) is 0 Å². The summed E-state index contributed by atoms with van der Waals surface area (Å²) in [5.41, 5.74) is -0.389. The van der Waals surface area contributed by atoms with Crippen LogP contribution in [0.5, 0.6) is 0 Å². The molecule has 1 saturated heterocycles. The summed E-state index contributed by atoms with van der Waals surface area (Å²) in [5.74, 6) is 1.05. The van der Waals surface area contributed by atoms with Crippen LogP contribution in [0.2, 0.25) is 0 Å². The van der Waals surface area contributed by atoms with Crippen LogP contribution in [0.4, 0.5) is 18.9 Å². The highest BCUT2D eigenvalue weighted by atomic mass is 32.2. The number of amides is 2. The first-order valence-corrected chi connectivity index (χ1v) is 10.4. The SMILES string of the molecule is CSCCC(=O)N1CCC[C@H](CCC(=O)Nc2ccc(C(F)(F)F)cc2)C1. The van der Waals surface area contributed by atoms with Crippen LogP contribution in [0.3, 0.4) is 0 Å². The van der Waals surface area contributed by atoms with Crippen LogP contribution in [-0.4, -0.2) is 41.8 Å². The van der Waals surface area contributed by atoms with Crippen LogP contribution in [0.25, 0.3) is 0 Å². The number of thioether (sulfide) groups is 1. The predicted octanol–water partition coefficient (Wildman–Crippen LogP) is 4.42. The van der Waals surface area contributed by atoms with Gasteiger partial charge in [0.2, 0.25) is 11.8 Å². The van der Waals surface area contributed by atoms with Gasteiger partial charge in [0.25, 0.3) is 0 Å². The molecule has 0 aliphatic carbocycles. The lowest BCUT2D eigenvalue weighted by molar-refractivity contribution is -0.137. The van der Waals surface area contributed by atoms with E-state index in [1.165, 1.54) is 12.1 Å². The normalized spacial score (nSPS) is 17.6. The fraction of sp³-hybridized carbons (Fsp3) is 0.579. The highest BCUT2D eigenvalue weighted by molar-refractivity contribution is 7.98. The number of rotatable bonds is 7. The van der Waals surface area contributed by atoms with Gasteiger partial charge in [-0.2, -0.15) is 24.9 Å². The molecule has 2 rings (SSSR count). The van der Waals surface area contributed by atoms with Gasteiger partial charge in [-0.15, -0.1) is 0 Å². The third kappa shape index (κ3) is 7.08. The average molecular weight is 402 g/mol. The summed E-state index contributed by atoms with van der Waals surface area (Å²) in [5, 5.41) is 2.63. The third-order valence-electron chi connectivity index (χ3n) is 4.67. The molecule has 0 unspecified atom stereocenters. The summed E-state index contributed by atoms with van der Waals surface area (Å²) in [6.45, 7) is 1.46. The van der Waals surface area contributed by atoms with Crippen molar-refractivity contribution in [3.05, 3.63) is 29.8 Å². The van der Waals surface area contributed by atoms with Gasteiger partial charge in [-0.25, -0.2) is 0 Å². The van der Waals surface area contributed by atoms with E-state index >= 15 is 0 Å². The summed E-state index contributed by atoms with van der Waals surface area (Å²) in [6, 6.07) is 4.42. The van der Waals surface area contributed by atoms with E-state index in [1.54, 1.807) is 11.8 Å². The van der Waals surface area contributed by atoms with Gasteiger partial charge >= 0.3 is 6.18 Å². The van der Waals surface area contributed by atoms with Crippen molar-refractivity contribution in [3.63, 3.8) is 0 Å². The van der Waals surface area contributed by atoms with E-state index in [1.807, 2.05) is 11.2 Å². The Bertz CT molecular complexity index is 635. The topological polar surface area (TPSA) is 49.4 Å². The number of likely N-dealkylation sites (tertiary alicyclic amines) is 1. The molecule has 1 aliphatic rings. The standard InChI is InChI=1S/C19H25F3N2O2S/c1-27-12-10-18(26)24-11-2-3-14(13-24)4-9-17(25)23-16-7-5-15(6-8-16)19(20,21)22/h5-8,14H,2-4,9-13H2,1H3,(H,23,25)/t14-/m1/s1. The maximum absolute atomic E-state index is 12.5. The number of piperidine rings is 1. The Morgan fingerprint density at radius 2 is 1.93 bits per heavy atom. The monoisotopic (exact) mass is 402 g/mol. The molecule has 8 heteroatoms. The van der Waals surface area contributed by atoms with E-state index in [0.29, 0.717) is 31.5 Å². The molecule has 150 valence electrons. The Morgan fingerprint density at radius 1 is 1.22 bits per heavy atom. The third-order valence-corrected chi connectivity index (χ3v) is 5.28. The highest BCUT2D eigenvalue weighted by Crippen LogP contribution is 2.30. The fourth-order valence-corrected chi connectivity index (χ4v) is 3.55. The zero-order chi connectivity index (χ0) is 19.9. The van der Waals surface area contributed by atoms with E-state index in [2.05, 4.69) is 5.32 Å². The highest BCUT2D eigenvalue weighted by Gasteiger charge is 2.30. The van der Waals surface area contributed by atoms with Gasteiger partial charge in [0.15, 0.2) is 0 Å². The molecule has 1 aliphatic heterocycles. The molecule has 27 heavy (non-hydrogen) atoms. The van der Waals surface area contributed by atoms with Crippen LogP contribution < -0.4 is 5.32 Å². The van der Waals surface area contributed by atoms with Crippen LogP contribution >= 0.6 is 11.8 Å². The number of anilines is 1. The summed E-state index contributed by atoms with van der Waals surface area (Å²) in [7, 11) is 0. The molecule has 1 fully saturated rings. The van der Waals surface area contributed by atoms with Crippen molar-refractivity contribution in [2.75, 3.05) is 30.4 Å². The number of hydrogen-bond acceptors (Lipinski definition) is 3. The number of hydrogen-bond donors (Lipinski definition) is 1. The second-order valence-corrected chi connectivity index (χ2v) is 7.74. The average Bonchev–Trinajstić information content (AvgIpc) is 2.64. The maximum atomic E-state index is 12.5. The van der Waals surface area contributed by atoms with Gasteiger partial charge in [0.1, 0.15) is 0 Å². The van der Waals surface area contributed by atoms with Crippen molar-refractivity contribution in [1.29, 1.82) is 0 Å². The molecule has 4 nitrogen and oxygen atoms in total. The first kappa shape index (κ1) is 21.6. The number of nitrogens with one attached hydrogen (secondary N) is 1. The van der Waals surface area contributed by atoms with Crippen LogP contribution in [0.1, 0.15) is 37.7 Å². The minimum Gasteiger partial charge on any atom is -0.342 e. The number of nitrogens with zero attached hydrogens (tertiary/aromatic N) is 1. The number of carbonyl (C=O) groups is 2. The summed E-state index contributed by atoms with van der Waals surface area (Å²) in [4.78, 5) is 26.1. The second-order valence-electron chi connectivity index (χ2n) is 6.75. The van der Waals surface area contributed by atoms with Gasteiger partial charge in [-0.1, -0.05) is 0 Å². The molecule has 1 heterocycles. The first-order valence-electron chi connectivity index (χ1n) is 9.03. The van der Waals surface area contributed by atoms with Gasteiger partial charge in [0, 0.05) is 37.4 Å². The van der Waals surface area contributed by atoms with Gasteiger partial charge < -0.3 is 10.2 Å². The quantitative estimate of drug-likeness (QED) is 0.735. The van der Waals surface area contributed by atoms with Crippen molar-refractivity contribution in [2.24, 2.45) is 5.92 Å².